The van der Waals surface area contributed by atoms with Crippen LogP contribution in [0.25, 0.3) is 0 Å². The summed E-state index contributed by atoms with van der Waals surface area (Å²) in [5.41, 5.74) is 0.835. The quantitative estimate of drug-likeness (QED) is 0.424. The van der Waals surface area contributed by atoms with Gasteiger partial charge >= 0.3 is 0 Å². The summed E-state index contributed by atoms with van der Waals surface area (Å²) in [7, 11) is 1.19. The molecule has 11 heavy (non-hydrogen) atoms. The van der Waals surface area contributed by atoms with Gasteiger partial charge in [0.15, 0.2) is 0 Å². The summed E-state index contributed by atoms with van der Waals surface area (Å²) in [5, 5.41) is 0. The highest BCUT2D eigenvalue weighted by molar-refractivity contribution is 8.76. The van der Waals surface area contributed by atoms with Crippen molar-refractivity contribution < 1.29 is 4.39 Å². The van der Waals surface area contributed by atoms with E-state index < -0.39 is 0 Å². The molecule has 0 saturated heterocycles. The predicted octanol–water partition coefficient (Wildman–Crippen LogP) is 3.08. The molecule has 1 aromatic carbocycles. The van der Waals surface area contributed by atoms with E-state index >= 15 is 0 Å². The van der Waals surface area contributed by atoms with Crippen molar-refractivity contribution in [2.24, 2.45) is 0 Å². The molecular weight excluding hydrogens is 199 g/mol. The molecule has 0 fully saturated rings. The van der Waals surface area contributed by atoms with E-state index in [9.17, 15) is 4.39 Å². The number of rotatable bonds is 1. The van der Waals surface area contributed by atoms with Crippen molar-refractivity contribution in [1.82, 2.24) is 0 Å². The third-order valence-corrected chi connectivity index (χ3v) is 2.97. The van der Waals surface area contributed by atoms with E-state index in [2.05, 4.69) is 11.7 Å². The molecule has 0 aliphatic heterocycles. The zero-order valence-electron chi connectivity index (χ0n) is 5.45. The molecule has 0 N–H and O–H groups in total. The molecule has 0 heterocycles. The average Bonchev–Trinajstić information content (AvgIpc) is 2.05. The Hall–Kier alpha value is -0.0600. The highest BCUT2D eigenvalue weighted by Crippen LogP contribution is 2.16. The van der Waals surface area contributed by atoms with Crippen LogP contribution in [0.3, 0.4) is 0 Å². The van der Waals surface area contributed by atoms with E-state index in [0.29, 0.717) is 4.20 Å². The average molecular weight is 204 g/mol. The zero-order chi connectivity index (χ0) is 8.27. The smallest absolute Gasteiger partial charge is 0.123 e. The minimum atomic E-state index is -0.249. The second-order valence-corrected chi connectivity index (χ2v) is 3.69. The monoisotopic (exact) mass is 204 g/mol. The fraction of sp³-hybridized carbons (Fsp3) is 0. The molecule has 0 aliphatic carbocycles. The predicted molar refractivity (Wildman–Crippen MR) is 54.7 cm³/mol. The zero-order valence-corrected chi connectivity index (χ0v) is 7.98. The molecule has 0 aromatic heterocycles. The van der Waals surface area contributed by atoms with Gasteiger partial charge in [0.1, 0.15) is 5.82 Å². The second-order valence-electron chi connectivity index (χ2n) is 1.89. The first kappa shape index (κ1) is 9.03. The van der Waals surface area contributed by atoms with Gasteiger partial charge in [0.25, 0.3) is 0 Å². The minimum absolute atomic E-state index is 0.249. The largest absolute Gasteiger partial charge is 0.207 e. The van der Waals surface area contributed by atoms with Crippen molar-refractivity contribution in [3.63, 3.8) is 0 Å². The van der Waals surface area contributed by atoms with Gasteiger partial charge in [0.05, 0.1) is 4.20 Å². The molecular formula is C7H5FS3. The standard InChI is InChI=1S/C7H5FS3/c8-6-3-1-5(2-4-6)7(9)11-10/h1-4,10H. The van der Waals surface area contributed by atoms with Crippen molar-refractivity contribution in [3.05, 3.63) is 35.6 Å². The maximum atomic E-state index is 12.4. The Bertz CT molecular complexity index is 255. The molecule has 58 valence electrons. The van der Waals surface area contributed by atoms with Crippen molar-refractivity contribution in [3.8, 4) is 0 Å². The maximum Gasteiger partial charge on any atom is 0.123 e. The summed E-state index contributed by atoms with van der Waals surface area (Å²) in [6, 6.07) is 6.04. The lowest BCUT2D eigenvalue weighted by Crippen LogP contribution is -1.87. The number of thiol groups is 1. The summed E-state index contributed by atoms with van der Waals surface area (Å²) in [6.45, 7) is 0. The van der Waals surface area contributed by atoms with Crippen LogP contribution < -0.4 is 0 Å². The molecule has 0 nitrogen and oxygen atoms in total. The molecule has 0 unspecified atom stereocenters. The number of halogens is 1. The van der Waals surface area contributed by atoms with Gasteiger partial charge in [-0.1, -0.05) is 24.4 Å². The molecule has 1 rings (SSSR count). The normalized spacial score (nSPS) is 9.64. The van der Waals surface area contributed by atoms with Gasteiger partial charge in [-0.3, -0.25) is 0 Å². The van der Waals surface area contributed by atoms with Gasteiger partial charge in [0, 0.05) is 0 Å². The summed E-state index contributed by atoms with van der Waals surface area (Å²) in [4.78, 5) is 0. The van der Waals surface area contributed by atoms with Gasteiger partial charge < -0.3 is 0 Å². The van der Waals surface area contributed by atoms with Crippen LogP contribution in [0, 0.1) is 5.82 Å². The second kappa shape index (κ2) is 4.09. The molecule has 4 heteroatoms. The number of hydrogen-bond donors (Lipinski definition) is 1. The molecule has 0 amide bonds. The third kappa shape index (κ3) is 2.47. The highest BCUT2D eigenvalue weighted by Gasteiger charge is 1.98. The molecule has 0 spiro atoms. The maximum absolute atomic E-state index is 12.4. The lowest BCUT2D eigenvalue weighted by molar-refractivity contribution is 0.628. The number of benzene rings is 1. The minimum Gasteiger partial charge on any atom is -0.207 e. The van der Waals surface area contributed by atoms with Gasteiger partial charge in [-0.2, -0.15) is 0 Å². The van der Waals surface area contributed by atoms with Crippen LogP contribution in [0.1, 0.15) is 5.56 Å². The van der Waals surface area contributed by atoms with E-state index in [1.54, 1.807) is 12.1 Å². The van der Waals surface area contributed by atoms with E-state index in [1.165, 1.54) is 22.9 Å². The summed E-state index contributed by atoms with van der Waals surface area (Å²) in [5.74, 6) is -0.249. The first-order valence-electron chi connectivity index (χ1n) is 2.85. The van der Waals surface area contributed by atoms with E-state index in [0.717, 1.165) is 5.56 Å². The fourth-order valence-electron chi connectivity index (χ4n) is 0.639. The van der Waals surface area contributed by atoms with Gasteiger partial charge in [-0.15, -0.1) is 11.7 Å². The fourth-order valence-corrected chi connectivity index (χ4v) is 1.33. The number of thiocarbonyl (C=S) groups is 1. The molecule has 0 aliphatic rings. The summed E-state index contributed by atoms with van der Waals surface area (Å²) < 4.78 is 13.0. The SMILES string of the molecule is Fc1ccc(C(=S)SS)cc1. The Morgan fingerprint density at radius 2 is 1.91 bits per heavy atom. The molecule has 0 atom stereocenters. The summed E-state index contributed by atoms with van der Waals surface area (Å²) in [6.07, 6.45) is 0. The first-order valence-corrected chi connectivity index (χ1v) is 5.13. The van der Waals surface area contributed by atoms with Crippen LogP contribution in [0.2, 0.25) is 0 Å². The molecule has 0 saturated carbocycles. The van der Waals surface area contributed by atoms with Crippen molar-refractivity contribution in [2.75, 3.05) is 0 Å². The highest BCUT2D eigenvalue weighted by atomic mass is 33.1. The molecule has 0 radical (unpaired) electrons. The van der Waals surface area contributed by atoms with Gasteiger partial charge in [0.2, 0.25) is 0 Å². The summed E-state index contributed by atoms with van der Waals surface area (Å²) >= 11 is 8.86. The van der Waals surface area contributed by atoms with Gasteiger partial charge in [-0.25, -0.2) is 4.39 Å². The first-order chi connectivity index (χ1) is 5.24. The molecule has 1 aromatic rings. The van der Waals surface area contributed by atoms with Gasteiger partial charge in [-0.05, 0) is 28.5 Å². The van der Waals surface area contributed by atoms with Crippen molar-refractivity contribution in [1.29, 1.82) is 0 Å². The Balaban J connectivity index is 2.90. The third-order valence-electron chi connectivity index (χ3n) is 1.16. The molecule has 0 bridgehead atoms. The van der Waals surface area contributed by atoms with Crippen molar-refractivity contribution >= 4 is 38.9 Å². The Morgan fingerprint density at radius 3 is 2.36 bits per heavy atom. The van der Waals surface area contributed by atoms with Crippen molar-refractivity contribution in [2.45, 2.75) is 0 Å². The Morgan fingerprint density at radius 1 is 1.36 bits per heavy atom. The van der Waals surface area contributed by atoms with Crippen LogP contribution in [0.15, 0.2) is 24.3 Å². The van der Waals surface area contributed by atoms with E-state index in [1.807, 2.05) is 0 Å². The topological polar surface area (TPSA) is 0 Å². The van der Waals surface area contributed by atoms with Crippen LogP contribution >= 0.6 is 34.7 Å². The van der Waals surface area contributed by atoms with Crippen LogP contribution in [0.4, 0.5) is 4.39 Å². The van der Waals surface area contributed by atoms with Crippen LogP contribution in [-0.2, 0) is 0 Å². The van der Waals surface area contributed by atoms with Crippen LogP contribution in [0.5, 0.6) is 0 Å². The lowest BCUT2D eigenvalue weighted by atomic mass is 10.2. The van der Waals surface area contributed by atoms with E-state index in [-0.39, 0.29) is 5.82 Å². The Labute approximate surface area is 79.0 Å². The number of hydrogen-bond acceptors (Lipinski definition) is 3. The van der Waals surface area contributed by atoms with E-state index in [4.69, 9.17) is 12.2 Å². The Kier molecular flexibility index (Phi) is 3.36. The van der Waals surface area contributed by atoms with Crippen LogP contribution in [-0.4, -0.2) is 4.20 Å². The lowest BCUT2D eigenvalue weighted by Gasteiger charge is -1.97.